The second-order valence-electron chi connectivity index (χ2n) is 7.15. The fraction of sp³-hybridized carbons (Fsp3) is 0.318. The van der Waals surface area contributed by atoms with Crippen LogP contribution in [0.15, 0.2) is 36.9 Å². The minimum absolute atomic E-state index is 0.112. The summed E-state index contributed by atoms with van der Waals surface area (Å²) in [4.78, 5) is 14.3. The molecule has 0 amide bonds. The van der Waals surface area contributed by atoms with Gasteiger partial charge in [-0.3, -0.25) is 4.79 Å². The van der Waals surface area contributed by atoms with E-state index in [1.807, 2.05) is 14.0 Å². The van der Waals surface area contributed by atoms with E-state index in [0.29, 0.717) is 36.3 Å². The zero-order chi connectivity index (χ0) is 21.6. The number of aldehydes is 1. The number of H-pyrrole nitrogens is 1. The smallest absolute Gasteiger partial charge is 0.142 e. The van der Waals surface area contributed by atoms with Gasteiger partial charge in [0.25, 0.3) is 0 Å². The highest BCUT2D eigenvalue weighted by atomic mass is 19.1. The maximum Gasteiger partial charge on any atom is 0.142 e. The van der Waals surface area contributed by atoms with Crippen molar-refractivity contribution in [1.29, 1.82) is 0 Å². The monoisotopic (exact) mass is 400 g/mol. The third-order valence-electron chi connectivity index (χ3n) is 5.08. The van der Waals surface area contributed by atoms with Gasteiger partial charge in [0.2, 0.25) is 0 Å². The van der Waals surface area contributed by atoms with E-state index >= 15 is 0 Å². The average molecular weight is 400 g/mol. The van der Waals surface area contributed by atoms with Gasteiger partial charge in [-0.05, 0) is 50.2 Å². The summed E-state index contributed by atoms with van der Waals surface area (Å²) in [6, 6.07) is 6.87. The Balaban J connectivity index is 0.000000687. The van der Waals surface area contributed by atoms with Gasteiger partial charge in [-0.25, -0.2) is 4.39 Å². The number of halogens is 1. The number of rotatable bonds is 4. The number of hydrogen-bond donors (Lipinski definition) is 4. The van der Waals surface area contributed by atoms with Crippen molar-refractivity contribution in [2.24, 2.45) is 5.73 Å². The van der Waals surface area contributed by atoms with Crippen LogP contribution in [0.25, 0.3) is 11.8 Å². The third kappa shape index (κ3) is 5.26. The highest BCUT2D eigenvalue weighted by Crippen LogP contribution is 2.35. The van der Waals surface area contributed by atoms with E-state index in [2.05, 4.69) is 16.5 Å². The number of aromatic amines is 1. The molecule has 6 nitrogen and oxygen atoms in total. The van der Waals surface area contributed by atoms with Crippen LogP contribution in [0.5, 0.6) is 5.75 Å². The first-order valence-corrected chi connectivity index (χ1v) is 9.42. The predicted octanol–water partition coefficient (Wildman–Crippen LogP) is 3.20. The number of piperidine rings is 1. The molecule has 1 aliphatic heterocycles. The SMILES string of the molecule is C=CC=O.Cc1c(C2CN(C)CCC2F)[nH]c(N)c1/C=C(\N)c1ccccc1O. The summed E-state index contributed by atoms with van der Waals surface area (Å²) >= 11 is 0. The van der Waals surface area contributed by atoms with E-state index in [4.69, 9.17) is 16.3 Å². The number of likely N-dealkylation sites (tertiary alicyclic amines) is 1. The van der Waals surface area contributed by atoms with Gasteiger partial charge in [-0.15, -0.1) is 0 Å². The van der Waals surface area contributed by atoms with Gasteiger partial charge >= 0.3 is 0 Å². The molecule has 1 aromatic heterocycles. The molecule has 0 radical (unpaired) electrons. The molecule has 0 saturated carbocycles. The number of nitrogens with one attached hydrogen (secondary N) is 1. The first-order valence-electron chi connectivity index (χ1n) is 9.42. The molecule has 1 fully saturated rings. The van der Waals surface area contributed by atoms with Crippen molar-refractivity contribution in [2.75, 3.05) is 25.9 Å². The Morgan fingerprint density at radius 2 is 2.07 bits per heavy atom. The number of aromatic hydroxyl groups is 1. The van der Waals surface area contributed by atoms with Crippen molar-refractivity contribution in [3.63, 3.8) is 0 Å². The zero-order valence-corrected chi connectivity index (χ0v) is 16.9. The van der Waals surface area contributed by atoms with Gasteiger partial charge < -0.3 is 26.5 Å². The summed E-state index contributed by atoms with van der Waals surface area (Å²) in [7, 11) is 2.00. The van der Waals surface area contributed by atoms with E-state index in [-0.39, 0.29) is 11.7 Å². The fourth-order valence-electron chi connectivity index (χ4n) is 3.52. The van der Waals surface area contributed by atoms with Crippen LogP contribution < -0.4 is 11.5 Å². The van der Waals surface area contributed by atoms with Gasteiger partial charge in [0.05, 0.1) is 0 Å². The molecule has 2 aromatic rings. The van der Waals surface area contributed by atoms with Crippen molar-refractivity contribution >= 4 is 23.9 Å². The summed E-state index contributed by atoms with van der Waals surface area (Å²) in [6.45, 7) is 6.45. The molecule has 0 aliphatic carbocycles. The maximum atomic E-state index is 14.4. The molecule has 2 heterocycles. The van der Waals surface area contributed by atoms with Gasteiger partial charge in [0.1, 0.15) is 24.0 Å². The Hall–Kier alpha value is -3.06. The van der Waals surface area contributed by atoms with Gasteiger partial charge in [0, 0.05) is 41.5 Å². The number of hydrogen-bond acceptors (Lipinski definition) is 5. The number of phenols is 1. The van der Waals surface area contributed by atoms with Gasteiger partial charge in [0.15, 0.2) is 0 Å². The molecular weight excluding hydrogens is 371 g/mol. The number of carbonyl (C=O) groups excluding carboxylic acids is 1. The second kappa shape index (κ2) is 9.93. The van der Waals surface area contributed by atoms with Crippen LogP contribution in [0.3, 0.4) is 0 Å². The van der Waals surface area contributed by atoms with Crippen LogP contribution in [0.1, 0.15) is 34.7 Å². The summed E-state index contributed by atoms with van der Waals surface area (Å²) in [5.41, 5.74) is 15.7. The molecule has 156 valence electrons. The number of alkyl halides is 1. The molecule has 3 rings (SSSR count). The number of para-hydroxylation sites is 1. The van der Waals surface area contributed by atoms with Crippen LogP contribution in [0.2, 0.25) is 0 Å². The van der Waals surface area contributed by atoms with Crippen LogP contribution in [0.4, 0.5) is 10.2 Å². The quantitative estimate of drug-likeness (QED) is 0.466. The molecular formula is C22H29FN4O2. The standard InChI is InChI=1S/C19H25FN4O.C3H4O/c1-11-13(9-16(21)12-5-3-4-6-17(12)25)19(22)23-18(11)14-10-24(2)8-7-15(14)20;1-2-3-4/h3-6,9,14-15,23,25H,7-8,10,21-22H2,1-2H3;2-3H,1H2/b16-9-;. The van der Waals surface area contributed by atoms with E-state index in [1.165, 1.54) is 6.08 Å². The number of benzene rings is 1. The predicted molar refractivity (Wildman–Crippen MR) is 116 cm³/mol. The molecule has 29 heavy (non-hydrogen) atoms. The number of phenolic OH excluding ortho intramolecular Hbond substituents is 1. The zero-order valence-electron chi connectivity index (χ0n) is 16.9. The first-order chi connectivity index (χ1) is 13.8. The van der Waals surface area contributed by atoms with E-state index in [0.717, 1.165) is 23.4 Å². The Morgan fingerprint density at radius 1 is 1.41 bits per heavy atom. The van der Waals surface area contributed by atoms with Crippen LogP contribution in [-0.2, 0) is 4.79 Å². The lowest BCUT2D eigenvalue weighted by molar-refractivity contribution is -0.104. The number of anilines is 1. The fourth-order valence-corrected chi connectivity index (χ4v) is 3.52. The van der Waals surface area contributed by atoms with Crippen molar-refractivity contribution in [3.05, 3.63) is 59.3 Å². The largest absolute Gasteiger partial charge is 0.507 e. The number of likely N-dealkylation sites (N-methyl/N-ethyl adjacent to an activating group) is 1. The Morgan fingerprint density at radius 3 is 2.69 bits per heavy atom. The number of aromatic nitrogens is 1. The molecule has 1 aromatic carbocycles. The highest BCUT2D eigenvalue weighted by molar-refractivity contribution is 5.85. The summed E-state index contributed by atoms with van der Waals surface area (Å²) < 4.78 is 14.4. The average Bonchev–Trinajstić information content (AvgIpc) is 2.98. The first kappa shape index (κ1) is 22.2. The van der Waals surface area contributed by atoms with Crippen molar-refractivity contribution in [1.82, 2.24) is 9.88 Å². The Kier molecular flexibility index (Phi) is 7.61. The molecule has 1 aliphatic rings. The van der Waals surface area contributed by atoms with Crippen LogP contribution >= 0.6 is 0 Å². The maximum absolute atomic E-state index is 14.4. The van der Waals surface area contributed by atoms with Crippen LogP contribution in [0, 0.1) is 6.92 Å². The molecule has 2 atom stereocenters. The number of nitrogens with zero attached hydrogens (tertiary/aromatic N) is 1. The third-order valence-corrected chi connectivity index (χ3v) is 5.08. The molecule has 6 N–H and O–H groups in total. The van der Waals surface area contributed by atoms with E-state index in [1.54, 1.807) is 30.3 Å². The van der Waals surface area contributed by atoms with Crippen LogP contribution in [-0.4, -0.2) is 47.6 Å². The Bertz CT molecular complexity index is 885. The molecule has 1 saturated heterocycles. The van der Waals surface area contributed by atoms with E-state index < -0.39 is 6.17 Å². The molecule has 0 spiro atoms. The summed E-state index contributed by atoms with van der Waals surface area (Å²) in [5.74, 6) is 0.349. The van der Waals surface area contributed by atoms with Gasteiger partial charge in [-0.2, -0.15) is 0 Å². The number of allylic oxidation sites excluding steroid dienone is 1. The summed E-state index contributed by atoms with van der Waals surface area (Å²) in [6.07, 6.45) is 3.20. The number of nitrogens with two attached hydrogens (primary N) is 2. The lowest BCUT2D eigenvalue weighted by Crippen LogP contribution is -2.38. The minimum Gasteiger partial charge on any atom is -0.507 e. The topological polar surface area (TPSA) is 108 Å². The lowest BCUT2D eigenvalue weighted by Gasteiger charge is -2.32. The minimum atomic E-state index is -0.889. The highest BCUT2D eigenvalue weighted by Gasteiger charge is 2.32. The van der Waals surface area contributed by atoms with Crippen molar-refractivity contribution in [3.8, 4) is 5.75 Å². The van der Waals surface area contributed by atoms with Crippen molar-refractivity contribution in [2.45, 2.75) is 25.4 Å². The molecule has 2 unspecified atom stereocenters. The molecule has 0 bridgehead atoms. The molecule has 7 heteroatoms. The van der Waals surface area contributed by atoms with Crippen molar-refractivity contribution < 1.29 is 14.3 Å². The second-order valence-corrected chi connectivity index (χ2v) is 7.15. The Labute approximate surface area is 170 Å². The lowest BCUT2D eigenvalue weighted by atomic mass is 9.90. The summed E-state index contributed by atoms with van der Waals surface area (Å²) in [5, 5.41) is 9.96. The normalized spacial score (nSPS) is 19.9. The number of nitrogen functional groups attached to an aromatic ring is 1. The van der Waals surface area contributed by atoms with Gasteiger partial charge in [-0.1, -0.05) is 18.7 Å². The van der Waals surface area contributed by atoms with E-state index in [9.17, 15) is 9.50 Å². The number of carbonyl (C=O) groups is 1.